The molecule has 3 aromatic rings. The molecule has 0 saturated heterocycles. The van der Waals surface area contributed by atoms with Gasteiger partial charge in [0, 0.05) is 17.1 Å². The monoisotopic (exact) mass is 559 g/mol. The highest BCUT2D eigenvalue weighted by atomic mass is 35.5. The average Bonchev–Trinajstić information content (AvgIpc) is 2.85. The third-order valence-corrected chi connectivity index (χ3v) is 7.66. The lowest BCUT2D eigenvalue weighted by atomic mass is 10.1. The Morgan fingerprint density at radius 2 is 1.61 bits per heavy atom. The van der Waals surface area contributed by atoms with Gasteiger partial charge in [0.05, 0.1) is 10.6 Å². The lowest BCUT2D eigenvalue weighted by molar-refractivity contribution is -0.140. The van der Waals surface area contributed by atoms with E-state index in [1.54, 1.807) is 49.4 Å². The first-order chi connectivity index (χ1) is 17.8. The predicted molar refractivity (Wildman–Crippen MR) is 147 cm³/mol. The molecule has 0 spiro atoms. The topological polar surface area (TPSA) is 86.8 Å². The molecule has 0 bridgehead atoms. The Labute approximate surface area is 228 Å². The van der Waals surface area contributed by atoms with Gasteiger partial charge in [-0.2, -0.15) is 0 Å². The second-order valence-electron chi connectivity index (χ2n) is 9.87. The highest BCUT2D eigenvalue weighted by Crippen LogP contribution is 2.25. The molecule has 0 aromatic heterocycles. The fourth-order valence-corrected chi connectivity index (χ4v) is 5.39. The summed E-state index contributed by atoms with van der Waals surface area (Å²) in [6.45, 7) is 6.45. The van der Waals surface area contributed by atoms with Crippen LogP contribution in [0.4, 0.5) is 10.1 Å². The van der Waals surface area contributed by atoms with E-state index in [9.17, 15) is 22.4 Å². The van der Waals surface area contributed by atoms with Crippen LogP contribution in [0.25, 0.3) is 0 Å². The normalized spacial score (nSPS) is 12.5. The number of sulfonamides is 1. The third kappa shape index (κ3) is 7.55. The Morgan fingerprint density at radius 3 is 2.18 bits per heavy atom. The molecular weight excluding hydrogens is 529 g/mol. The molecule has 7 nitrogen and oxygen atoms in total. The zero-order valence-electron chi connectivity index (χ0n) is 21.7. The summed E-state index contributed by atoms with van der Waals surface area (Å²) in [4.78, 5) is 28.2. The van der Waals surface area contributed by atoms with Gasteiger partial charge in [-0.05, 0) is 81.8 Å². The number of rotatable bonds is 9. The molecule has 1 atom stereocenters. The van der Waals surface area contributed by atoms with Gasteiger partial charge in [0.15, 0.2) is 0 Å². The summed E-state index contributed by atoms with van der Waals surface area (Å²) in [6.07, 6.45) is 0. The van der Waals surface area contributed by atoms with E-state index in [-0.39, 0.29) is 17.1 Å². The van der Waals surface area contributed by atoms with Crippen LogP contribution in [-0.2, 0) is 26.2 Å². The van der Waals surface area contributed by atoms with Crippen LogP contribution in [-0.4, -0.2) is 43.3 Å². The number of hydrogen-bond acceptors (Lipinski definition) is 4. The number of carbonyl (C=O) groups excluding carboxylic acids is 2. The minimum Gasteiger partial charge on any atom is -0.350 e. The molecule has 0 fully saturated rings. The fraction of sp³-hybridized carbons (Fsp3) is 0.286. The third-order valence-electron chi connectivity index (χ3n) is 5.63. The summed E-state index contributed by atoms with van der Waals surface area (Å²) >= 11 is 6.14. The van der Waals surface area contributed by atoms with Crippen LogP contribution in [0.3, 0.4) is 0 Å². The maximum absolute atomic E-state index is 13.8. The summed E-state index contributed by atoms with van der Waals surface area (Å²) in [5, 5.41) is 3.33. The molecule has 1 N–H and O–H groups in total. The molecule has 0 aliphatic rings. The number of anilines is 1. The second kappa shape index (κ2) is 12.0. The first-order valence-electron chi connectivity index (χ1n) is 12.0. The van der Waals surface area contributed by atoms with Crippen molar-refractivity contribution in [1.82, 2.24) is 10.2 Å². The van der Waals surface area contributed by atoms with E-state index in [4.69, 9.17) is 11.6 Å². The van der Waals surface area contributed by atoms with Gasteiger partial charge in [-0.25, -0.2) is 12.8 Å². The van der Waals surface area contributed by atoms with E-state index in [2.05, 4.69) is 5.32 Å². The van der Waals surface area contributed by atoms with Gasteiger partial charge in [-0.1, -0.05) is 41.9 Å². The van der Waals surface area contributed by atoms with E-state index in [1.807, 2.05) is 20.8 Å². The van der Waals surface area contributed by atoms with E-state index >= 15 is 0 Å². The SMILES string of the molecule is C[C@@H](C(=O)NC(C)(C)C)N(Cc1cccc(Cl)c1)C(=O)CN(c1ccc(F)cc1)S(=O)(=O)c1ccccc1. The maximum atomic E-state index is 13.8. The van der Waals surface area contributed by atoms with E-state index < -0.39 is 45.8 Å². The van der Waals surface area contributed by atoms with Crippen molar-refractivity contribution < 1.29 is 22.4 Å². The molecule has 0 saturated carbocycles. The zero-order valence-corrected chi connectivity index (χ0v) is 23.3. The molecule has 10 heteroatoms. The second-order valence-corrected chi connectivity index (χ2v) is 12.2. The molecule has 3 aromatic carbocycles. The summed E-state index contributed by atoms with van der Waals surface area (Å²) in [7, 11) is -4.21. The molecule has 202 valence electrons. The van der Waals surface area contributed by atoms with Crippen molar-refractivity contribution in [3.05, 3.63) is 95.3 Å². The number of carbonyl (C=O) groups is 2. The summed E-state index contributed by atoms with van der Waals surface area (Å²) in [6, 6.07) is 18.4. The van der Waals surface area contributed by atoms with E-state index in [0.717, 1.165) is 16.4 Å². The first-order valence-corrected chi connectivity index (χ1v) is 13.8. The summed E-state index contributed by atoms with van der Waals surface area (Å²) in [5.74, 6) is -1.57. The van der Waals surface area contributed by atoms with Crippen molar-refractivity contribution in [1.29, 1.82) is 0 Å². The van der Waals surface area contributed by atoms with Gasteiger partial charge in [0.1, 0.15) is 18.4 Å². The molecule has 0 radical (unpaired) electrons. The van der Waals surface area contributed by atoms with E-state index in [0.29, 0.717) is 10.6 Å². The van der Waals surface area contributed by atoms with Gasteiger partial charge in [-0.3, -0.25) is 13.9 Å². The molecule has 0 heterocycles. The Hall–Kier alpha value is -3.43. The van der Waals surface area contributed by atoms with Gasteiger partial charge in [-0.15, -0.1) is 0 Å². The predicted octanol–water partition coefficient (Wildman–Crippen LogP) is 5.01. The number of benzene rings is 3. The summed E-state index contributed by atoms with van der Waals surface area (Å²) < 4.78 is 41.9. The maximum Gasteiger partial charge on any atom is 0.264 e. The largest absolute Gasteiger partial charge is 0.350 e. The van der Waals surface area contributed by atoms with Crippen LogP contribution in [0.5, 0.6) is 0 Å². The molecule has 0 aliphatic heterocycles. The lowest BCUT2D eigenvalue weighted by Gasteiger charge is -2.33. The number of nitrogens with zero attached hydrogens (tertiary/aromatic N) is 2. The average molecular weight is 560 g/mol. The van der Waals surface area contributed by atoms with Crippen LogP contribution < -0.4 is 9.62 Å². The molecular formula is C28H31ClFN3O4S. The van der Waals surface area contributed by atoms with Crippen molar-refractivity contribution in [3.8, 4) is 0 Å². The van der Waals surface area contributed by atoms with Crippen LogP contribution in [0.1, 0.15) is 33.3 Å². The quantitative estimate of drug-likeness (QED) is 0.399. The first kappa shape index (κ1) is 29.1. The number of amides is 2. The lowest BCUT2D eigenvalue weighted by Crippen LogP contribution is -2.54. The Kier molecular flexibility index (Phi) is 9.17. The van der Waals surface area contributed by atoms with Crippen molar-refractivity contribution in [3.63, 3.8) is 0 Å². The Bertz CT molecular complexity index is 1380. The fourth-order valence-electron chi connectivity index (χ4n) is 3.74. The van der Waals surface area contributed by atoms with Crippen LogP contribution in [0.2, 0.25) is 5.02 Å². The van der Waals surface area contributed by atoms with Gasteiger partial charge in [0.2, 0.25) is 11.8 Å². The molecule has 38 heavy (non-hydrogen) atoms. The minimum atomic E-state index is -4.21. The Morgan fingerprint density at radius 1 is 0.974 bits per heavy atom. The molecule has 3 rings (SSSR count). The van der Waals surface area contributed by atoms with Crippen molar-refractivity contribution >= 4 is 39.1 Å². The van der Waals surface area contributed by atoms with Gasteiger partial charge in [0.25, 0.3) is 10.0 Å². The van der Waals surface area contributed by atoms with Crippen molar-refractivity contribution in [2.75, 3.05) is 10.8 Å². The van der Waals surface area contributed by atoms with Crippen LogP contribution in [0.15, 0.2) is 83.8 Å². The summed E-state index contributed by atoms with van der Waals surface area (Å²) in [5.41, 5.74) is 0.228. The highest BCUT2D eigenvalue weighted by molar-refractivity contribution is 7.92. The molecule has 0 unspecified atom stereocenters. The van der Waals surface area contributed by atoms with Crippen molar-refractivity contribution in [2.24, 2.45) is 0 Å². The van der Waals surface area contributed by atoms with Crippen LogP contribution in [0, 0.1) is 5.82 Å². The minimum absolute atomic E-state index is 0.0146. The highest BCUT2D eigenvalue weighted by Gasteiger charge is 2.33. The molecule has 2 amide bonds. The number of nitrogens with one attached hydrogen (secondary N) is 1. The van der Waals surface area contributed by atoms with E-state index in [1.165, 1.54) is 29.2 Å². The number of hydrogen-bond donors (Lipinski definition) is 1. The standard InChI is InChI=1S/C28H31ClFN3O4S/c1-20(27(35)31-28(2,3)4)32(18-21-9-8-10-22(29)17-21)26(34)19-33(24-15-13-23(30)14-16-24)38(36,37)25-11-6-5-7-12-25/h5-17,20H,18-19H2,1-4H3,(H,31,35)/t20-/m0/s1. The number of halogens is 2. The van der Waals surface area contributed by atoms with Gasteiger partial charge < -0.3 is 10.2 Å². The smallest absolute Gasteiger partial charge is 0.264 e. The Balaban J connectivity index is 2.02. The molecule has 0 aliphatic carbocycles. The van der Waals surface area contributed by atoms with Crippen LogP contribution >= 0.6 is 11.6 Å². The van der Waals surface area contributed by atoms with Crippen molar-refractivity contribution in [2.45, 2.75) is 50.7 Å². The zero-order chi connectivity index (χ0) is 28.1. The van der Waals surface area contributed by atoms with Gasteiger partial charge >= 0.3 is 0 Å².